The number of halogens is 1. The van der Waals surface area contributed by atoms with Crippen molar-refractivity contribution in [2.45, 2.75) is 32.8 Å². The Morgan fingerprint density at radius 1 is 1.19 bits per heavy atom. The second kappa shape index (κ2) is 9.62. The van der Waals surface area contributed by atoms with Gasteiger partial charge in [0.05, 0.1) is 6.10 Å². The highest BCUT2D eigenvalue weighted by Crippen LogP contribution is 2.09. The molecular weight excluding hydrogens is 290 g/mol. The summed E-state index contributed by atoms with van der Waals surface area (Å²) in [4.78, 5) is 16.5. The van der Waals surface area contributed by atoms with Crippen LogP contribution in [0.5, 0.6) is 0 Å². The summed E-state index contributed by atoms with van der Waals surface area (Å²) in [6, 6.07) is 0. The van der Waals surface area contributed by atoms with E-state index in [4.69, 9.17) is 4.74 Å². The van der Waals surface area contributed by atoms with Crippen LogP contribution in [0.25, 0.3) is 0 Å². The molecule has 2 saturated heterocycles. The zero-order valence-corrected chi connectivity index (χ0v) is 14.2. The summed E-state index contributed by atoms with van der Waals surface area (Å²) in [6.45, 7) is 11.6. The number of amides is 1. The van der Waals surface area contributed by atoms with Gasteiger partial charge in [-0.3, -0.25) is 9.69 Å². The van der Waals surface area contributed by atoms with Crippen LogP contribution in [0.15, 0.2) is 0 Å². The molecule has 0 radical (unpaired) electrons. The minimum atomic E-state index is 0. The lowest BCUT2D eigenvalue weighted by Crippen LogP contribution is -2.50. The molecule has 2 aliphatic heterocycles. The Morgan fingerprint density at radius 2 is 1.81 bits per heavy atom. The number of carbonyl (C=O) groups excluding carboxylic acids is 1. The van der Waals surface area contributed by atoms with Crippen molar-refractivity contribution in [1.82, 2.24) is 15.1 Å². The van der Waals surface area contributed by atoms with Gasteiger partial charge in [0, 0.05) is 32.7 Å². The smallest absolute Gasteiger partial charge is 0.248 e. The predicted octanol–water partition coefficient (Wildman–Crippen LogP) is 0.977. The van der Waals surface area contributed by atoms with Crippen LogP contribution >= 0.6 is 12.4 Å². The van der Waals surface area contributed by atoms with E-state index in [1.54, 1.807) is 0 Å². The maximum atomic E-state index is 12.1. The van der Waals surface area contributed by atoms with E-state index in [1.807, 2.05) is 4.90 Å². The van der Waals surface area contributed by atoms with E-state index in [0.717, 1.165) is 58.7 Å². The normalized spacial score (nSPS) is 21.4. The maximum absolute atomic E-state index is 12.1. The number of nitrogens with one attached hydrogen (secondary N) is 1. The number of hydrogen-bond donors (Lipinski definition) is 1. The summed E-state index contributed by atoms with van der Waals surface area (Å²) in [6.07, 6.45) is 2.31. The highest BCUT2D eigenvalue weighted by atomic mass is 35.5. The molecule has 2 rings (SSSR count). The molecule has 2 aliphatic rings. The zero-order chi connectivity index (χ0) is 14.4. The van der Waals surface area contributed by atoms with Crippen LogP contribution in [0.1, 0.15) is 26.7 Å². The molecule has 0 unspecified atom stereocenters. The van der Waals surface area contributed by atoms with Crippen molar-refractivity contribution in [2.24, 2.45) is 5.92 Å². The van der Waals surface area contributed by atoms with Crippen molar-refractivity contribution in [3.63, 3.8) is 0 Å². The Bertz CT molecular complexity index is 301. The van der Waals surface area contributed by atoms with E-state index >= 15 is 0 Å². The Balaban J connectivity index is 0.00000220. The van der Waals surface area contributed by atoms with Gasteiger partial charge in [-0.15, -0.1) is 12.4 Å². The minimum Gasteiger partial charge on any atom is -0.368 e. The number of ether oxygens (including phenoxy) is 1. The van der Waals surface area contributed by atoms with Gasteiger partial charge in [-0.2, -0.15) is 0 Å². The van der Waals surface area contributed by atoms with Crippen molar-refractivity contribution in [3.05, 3.63) is 0 Å². The highest BCUT2D eigenvalue weighted by molar-refractivity contribution is 5.85. The third-order valence-corrected chi connectivity index (χ3v) is 4.08. The summed E-state index contributed by atoms with van der Waals surface area (Å²) in [5, 5.41) is 3.31. The first-order valence-corrected chi connectivity index (χ1v) is 7.97. The van der Waals surface area contributed by atoms with Crippen LogP contribution < -0.4 is 5.32 Å². The predicted molar refractivity (Wildman–Crippen MR) is 86.9 cm³/mol. The van der Waals surface area contributed by atoms with Gasteiger partial charge < -0.3 is 15.0 Å². The van der Waals surface area contributed by atoms with Crippen molar-refractivity contribution in [3.8, 4) is 0 Å². The first-order chi connectivity index (χ1) is 9.65. The molecule has 0 atom stereocenters. The first kappa shape index (κ1) is 18.7. The number of hydrogen-bond acceptors (Lipinski definition) is 4. The van der Waals surface area contributed by atoms with Crippen molar-refractivity contribution in [2.75, 3.05) is 52.4 Å². The molecule has 0 aromatic carbocycles. The molecular formula is C15H30ClN3O2. The Kier molecular flexibility index (Phi) is 8.56. The maximum Gasteiger partial charge on any atom is 0.248 e. The van der Waals surface area contributed by atoms with Crippen LogP contribution in [-0.2, 0) is 9.53 Å². The fourth-order valence-electron chi connectivity index (χ4n) is 2.94. The summed E-state index contributed by atoms with van der Waals surface area (Å²) >= 11 is 0. The quantitative estimate of drug-likeness (QED) is 0.820. The minimum absolute atomic E-state index is 0. The number of carbonyl (C=O) groups is 1. The van der Waals surface area contributed by atoms with Crippen molar-refractivity contribution < 1.29 is 9.53 Å². The molecule has 0 aromatic rings. The molecule has 0 bridgehead atoms. The van der Waals surface area contributed by atoms with Crippen molar-refractivity contribution in [1.29, 1.82) is 0 Å². The second-order valence-corrected chi connectivity index (χ2v) is 6.34. The number of nitrogens with zero attached hydrogens (tertiary/aromatic N) is 2. The van der Waals surface area contributed by atoms with E-state index in [-0.39, 0.29) is 31.0 Å². The van der Waals surface area contributed by atoms with Gasteiger partial charge >= 0.3 is 0 Å². The van der Waals surface area contributed by atoms with Gasteiger partial charge in [0.1, 0.15) is 6.61 Å². The van der Waals surface area contributed by atoms with Crippen LogP contribution in [0, 0.1) is 5.92 Å². The lowest BCUT2D eigenvalue weighted by atomic mass is 10.1. The van der Waals surface area contributed by atoms with Gasteiger partial charge in [-0.05, 0) is 31.8 Å². The molecule has 5 nitrogen and oxygen atoms in total. The standard InChI is InChI=1S/C15H29N3O2.ClH/c1-13(2)11-17-7-9-18(10-8-17)15(19)12-20-14-3-5-16-6-4-14;/h13-14,16H,3-12H2,1-2H3;1H. The van der Waals surface area contributed by atoms with E-state index in [2.05, 4.69) is 24.1 Å². The summed E-state index contributed by atoms with van der Waals surface area (Å²) in [5.41, 5.74) is 0. The SMILES string of the molecule is CC(C)CN1CCN(C(=O)COC2CCNCC2)CC1.Cl. The summed E-state index contributed by atoms with van der Waals surface area (Å²) in [7, 11) is 0. The lowest BCUT2D eigenvalue weighted by molar-refractivity contribution is -0.140. The van der Waals surface area contributed by atoms with E-state index in [9.17, 15) is 4.79 Å². The first-order valence-electron chi connectivity index (χ1n) is 7.97. The molecule has 0 aliphatic carbocycles. The molecule has 6 heteroatoms. The number of piperazine rings is 1. The number of rotatable bonds is 5. The molecule has 0 spiro atoms. The average Bonchev–Trinajstić information content (AvgIpc) is 2.46. The van der Waals surface area contributed by atoms with E-state index in [1.165, 1.54) is 0 Å². The van der Waals surface area contributed by atoms with Gasteiger partial charge in [-0.25, -0.2) is 0 Å². The average molecular weight is 320 g/mol. The molecule has 21 heavy (non-hydrogen) atoms. The summed E-state index contributed by atoms with van der Waals surface area (Å²) < 4.78 is 5.74. The molecule has 124 valence electrons. The Hall–Kier alpha value is -0.360. The van der Waals surface area contributed by atoms with Crippen LogP contribution in [0.3, 0.4) is 0 Å². The molecule has 0 saturated carbocycles. The topological polar surface area (TPSA) is 44.8 Å². The fourth-order valence-corrected chi connectivity index (χ4v) is 2.94. The van der Waals surface area contributed by atoms with Crippen molar-refractivity contribution >= 4 is 18.3 Å². The molecule has 1 amide bonds. The van der Waals surface area contributed by atoms with Gasteiger partial charge in [0.15, 0.2) is 0 Å². The van der Waals surface area contributed by atoms with Gasteiger partial charge in [0.25, 0.3) is 0 Å². The Labute approximate surface area is 134 Å². The lowest BCUT2D eigenvalue weighted by Gasteiger charge is -2.35. The molecule has 0 aromatic heterocycles. The monoisotopic (exact) mass is 319 g/mol. The highest BCUT2D eigenvalue weighted by Gasteiger charge is 2.22. The zero-order valence-electron chi connectivity index (χ0n) is 13.3. The fraction of sp³-hybridized carbons (Fsp3) is 0.933. The van der Waals surface area contributed by atoms with Gasteiger partial charge in [-0.1, -0.05) is 13.8 Å². The molecule has 1 N–H and O–H groups in total. The number of piperidine rings is 1. The Morgan fingerprint density at radius 3 is 2.38 bits per heavy atom. The molecule has 2 fully saturated rings. The van der Waals surface area contributed by atoms with Crippen LogP contribution in [0.2, 0.25) is 0 Å². The van der Waals surface area contributed by atoms with E-state index in [0.29, 0.717) is 5.92 Å². The van der Waals surface area contributed by atoms with Gasteiger partial charge in [0.2, 0.25) is 5.91 Å². The van der Waals surface area contributed by atoms with E-state index < -0.39 is 0 Å². The van der Waals surface area contributed by atoms with Crippen LogP contribution in [-0.4, -0.2) is 74.2 Å². The molecule has 2 heterocycles. The second-order valence-electron chi connectivity index (χ2n) is 6.34. The summed E-state index contributed by atoms with van der Waals surface area (Å²) in [5.74, 6) is 0.855. The van der Waals surface area contributed by atoms with Crippen LogP contribution in [0.4, 0.5) is 0 Å². The third-order valence-electron chi connectivity index (χ3n) is 4.08. The third kappa shape index (κ3) is 6.51. The largest absolute Gasteiger partial charge is 0.368 e.